The minimum Gasteiger partial charge on any atom is -0.495 e. The van der Waals surface area contributed by atoms with Crippen molar-refractivity contribution in [3.05, 3.63) is 63.8 Å². The normalized spacial score (nSPS) is 14.9. The van der Waals surface area contributed by atoms with E-state index in [1.807, 2.05) is 13.0 Å². The van der Waals surface area contributed by atoms with Crippen molar-refractivity contribution >= 4 is 34.4 Å². The Morgan fingerprint density at radius 1 is 1.23 bits per heavy atom. The number of halogens is 1. The highest BCUT2D eigenvalue weighted by molar-refractivity contribution is 6.37. The first-order valence-electron chi connectivity index (χ1n) is 9.34. The van der Waals surface area contributed by atoms with Crippen LogP contribution in [0.1, 0.15) is 32.0 Å². The molecule has 0 radical (unpaired) electrons. The minimum atomic E-state index is -0.990. The molecule has 156 valence electrons. The van der Waals surface area contributed by atoms with Crippen LogP contribution in [0.3, 0.4) is 0 Å². The number of benzene rings is 2. The van der Waals surface area contributed by atoms with Gasteiger partial charge in [-0.25, -0.2) is 4.79 Å². The molecule has 3 aromatic rings. The Bertz CT molecular complexity index is 1180. The lowest BCUT2D eigenvalue weighted by atomic mass is 9.84. The smallest absolute Gasteiger partial charge is 0.335 e. The molecule has 2 N–H and O–H groups in total. The Labute approximate surface area is 178 Å². The number of aromatic carboxylic acids is 1. The second-order valence-corrected chi connectivity index (χ2v) is 7.85. The monoisotopic (exact) mass is 428 g/mol. The third-order valence-electron chi connectivity index (χ3n) is 5.62. The van der Waals surface area contributed by atoms with E-state index in [2.05, 4.69) is 5.32 Å². The van der Waals surface area contributed by atoms with Gasteiger partial charge in [-0.3, -0.25) is 4.79 Å². The molecule has 2 aromatic carbocycles. The van der Waals surface area contributed by atoms with Gasteiger partial charge in [0, 0.05) is 12.4 Å². The van der Waals surface area contributed by atoms with E-state index < -0.39 is 11.5 Å². The zero-order chi connectivity index (χ0) is 21.6. The average molecular weight is 429 g/mol. The van der Waals surface area contributed by atoms with E-state index >= 15 is 0 Å². The summed E-state index contributed by atoms with van der Waals surface area (Å²) < 4.78 is 12.5. The molecule has 0 atom stereocenters. The average Bonchev–Trinajstić information content (AvgIpc) is 3.03. The lowest BCUT2D eigenvalue weighted by Gasteiger charge is -2.43. The van der Waals surface area contributed by atoms with E-state index in [0.717, 1.165) is 22.0 Å². The summed E-state index contributed by atoms with van der Waals surface area (Å²) in [4.78, 5) is 24.5. The van der Waals surface area contributed by atoms with Crippen molar-refractivity contribution < 1.29 is 24.2 Å². The third-order valence-corrected chi connectivity index (χ3v) is 6.01. The molecule has 1 fully saturated rings. The molecule has 30 heavy (non-hydrogen) atoms. The molecule has 1 amide bonds. The van der Waals surface area contributed by atoms with Gasteiger partial charge in [-0.15, -0.1) is 0 Å². The first kappa shape index (κ1) is 20.3. The number of carbonyl (C=O) groups excluding carboxylic acids is 1. The van der Waals surface area contributed by atoms with Gasteiger partial charge in [0.1, 0.15) is 17.0 Å². The Kier molecular flexibility index (Phi) is 4.95. The molecule has 1 aliphatic heterocycles. The van der Waals surface area contributed by atoms with E-state index in [9.17, 15) is 14.7 Å². The predicted molar refractivity (Wildman–Crippen MR) is 113 cm³/mol. The number of amides is 1. The van der Waals surface area contributed by atoms with Gasteiger partial charge in [-0.05, 0) is 48.4 Å². The highest BCUT2D eigenvalue weighted by Gasteiger charge is 2.43. The first-order valence-corrected chi connectivity index (χ1v) is 9.72. The fraction of sp³-hybridized carbons (Fsp3) is 0.273. The number of nitrogens with one attached hydrogen (secondary N) is 1. The summed E-state index contributed by atoms with van der Waals surface area (Å²) in [6.45, 7) is 2.45. The van der Waals surface area contributed by atoms with Gasteiger partial charge >= 0.3 is 5.97 Å². The van der Waals surface area contributed by atoms with Gasteiger partial charge in [0.25, 0.3) is 5.91 Å². The maximum absolute atomic E-state index is 13.2. The predicted octanol–water partition coefficient (Wildman–Crippen LogP) is 3.50. The summed E-state index contributed by atoms with van der Waals surface area (Å²) in [7, 11) is 3.35. The maximum Gasteiger partial charge on any atom is 0.335 e. The van der Waals surface area contributed by atoms with Crippen molar-refractivity contribution in [2.24, 2.45) is 7.05 Å². The number of rotatable bonds is 5. The quantitative estimate of drug-likeness (QED) is 0.649. The Morgan fingerprint density at radius 3 is 2.53 bits per heavy atom. The Balaban J connectivity index is 1.70. The number of carboxylic acids is 1. The Morgan fingerprint density at radius 2 is 1.97 bits per heavy atom. The number of methoxy groups -OCH3 is 1. The standard InChI is InChI=1S/C22H21ClN2O5/c1-12-8-13(21(27)28)4-5-15(12)22(10-30-11-22)24-20(26)17-9-14-16(25(17)2)6-7-18(29-3)19(14)23/h4-9H,10-11H2,1-3H3,(H,24,26)(H,27,28). The van der Waals surface area contributed by atoms with Crippen LogP contribution in [0.5, 0.6) is 5.75 Å². The molecular weight excluding hydrogens is 408 g/mol. The Hall–Kier alpha value is -3.03. The highest BCUT2D eigenvalue weighted by atomic mass is 35.5. The van der Waals surface area contributed by atoms with Crippen LogP contribution in [0.25, 0.3) is 10.9 Å². The molecule has 0 spiro atoms. The molecular formula is C22H21ClN2O5. The topological polar surface area (TPSA) is 89.8 Å². The number of nitrogens with zero attached hydrogens (tertiary/aromatic N) is 1. The number of hydrogen-bond acceptors (Lipinski definition) is 4. The molecule has 1 saturated heterocycles. The van der Waals surface area contributed by atoms with Crippen LogP contribution < -0.4 is 10.1 Å². The van der Waals surface area contributed by atoms with Crippen molar-refractivity contribution in [1.82, 2.24) is 9.88 Å². The largest absolute Gasteiger partial charge is 0.495 e. The minimum absolute atomic E-state index is 0.204. The molecule has 8 heteroatoms. The maximum atomic E-state index is 13.2. The summed E-state index contributed by atoms with van der Waals surface area (Å²) >= 11 is 6.42. The van der Waals surface area contributed by atoms with Crippen molar-refractivity contribution in [2.45, 2.75) is 12.5 Å². The van der Waals surface area contributed by atoms with Crippen LogP contribution in [-0.2, 0) is 17.3 Å². The zero-order valence-corrected chi connectivity index (χ0v) is 17.5. The number of aromatic nitrogens is 1. The summed E-state index contributed by atoms with van der Waals surface area (Å²) in [6.07, 6.45) is 0. The van der Waals surface area contributed by atoms with Crippen LogP contribution in [0.4, 0.5) is 0 Å². The number of carboxylic acid groups (broad SMARTS) is 1. The molecule has 0 unspecified atom stereocenters. The number of carbonyl (C=O) groups is 2. The molecule has 2 heterocycles. The number of aryl methyl sites for hydroxylation is 2. The van der Waals surface area contributed by atoms with E-state index in [-0.39, 0.29) is 11.5 Å². The van der Waals surface area contributed by atoms with E-state index in [1.54, 1.807) is 49.1 Å². The molecule has 7 nitrogen and oxygen atoms in total. The third kappa shape index (κ3) is 3.11. The van der Waals surface area contributed by atoms with Crippen LogP contribution in [0.2, 0.25) is 5.02 Å². The molecule has 0 aliphatic carbocycles. The highest BCUT2D eigenvalue weighted by Crippen LogP contribution is 2.36. The van der Waals surface area contributed by atoms with E-state index in [1.165, 1.54) is 0 Å². The second-order valence-electron chi connectivity index (χ2n) is 7.47. The fourth-order valence-corrected chi connectivity index (χ4v) is 4.24. The van der Waals surface area contributed by atoms with Crippen molar-refractivity contribution in [1.29, 1.82) is 0 Å². The van der Waals surface area contributed by atoms with Gasteiger partial charge in [0.2, 0.25) is 0 Å². The molecule has 0 saturated carbocycles. The van der Waals surface area contributed by atoms with Gasteiger partial charge in [-0.1, -0.05) is 17.7 Å². The number of fused-ring (bicyclic) bond motifs is 1. The summed E-state index contributed by atoms with van der Waals surface area (Å²) in [5.41, 5.74) is 2.37. The van der Waals surface area contributed by atoms with Crippen molar-refractivity contribution in [2.75, 3.05) is 20.3 Å². The molecule has 4 rings (SSSR count). The SMILES string of the molecule is COc1ccc2c(cc(C(=O)NC3(c4ccc(C(=O)O)cc4C)COC3)n2C)c1Cl. The summed E-state index contributed by atoms with van der Waals surface area (Å²) in [5.74, 6) is -0.719. The second kappa shape index (κ2) is 7.34. The fourth-order valence-electron chi connectivity index (χ4n) is 3.95. The van der Waals surface area contributed by atoms with Gasteiger partial charge in [0.15, 0.2) is 0 Å². The molecule has 1 aromatic heterocycles. The first-order chi connectivity index (χ1) is 14.3. The van der Waals surface area contributed by atoms with Gasteiger partial charge in [-0.2, -0.15) is 0 Å². The van der Waals surface area contributed by atoms with E-state index in [0.29, 0.717) is 29.7 Å². The van der Waals surface area contributed by atoms with Crippen molar-refractivity contribution in [3.63, 3.8) is 0 Å². The lowest BCUT2D eigenvalue weighted by Crippen LogP contribution is -2.59. The molecule has 0 bridgehead atoms. The van der Waals surface area contributed by atoms with Gasteiger partial charge < -0.3 is 24.5 Å². The number of ether oxygens (including phenoxy) is 2. The van der Waals surface area contributed by atoms with Crippen LogP contribution in [0, 0.1) is 6.92 Å². The van der Waals surface area contributed by atoms with Crippen LogP contribution in [-0.4, -0.2) is 41.9 Å². The molecule has 1 aliphatic rings. The van der Waals surface area contributed by atoms with Crippen LogP contribution >= 0.6 is 11.6 Å². The summed E-state index contributed by atoms with van der Waals surface area (Å²) in [6, 6.07) is 10.2. The van der Waals surface area contributed by atoms with E-state index in [4.69, 9.17) is 21.1 Å². The number of hydrogen-bond donors (Lipinski definition) is 2. The zero-order valence-electron chi connectivity index (χ0n) is 16.8. The van der Waals surface area contributed by atoms with Gasteiger partial charge in [0.05, 0.1) is 36.4 Å². The van der Waals surface area contributed by atoms with Crippen molar-refractivity contribution in [3.8, 4) is 5.75 Å². The summed E-state index contributed by atoms with van der Waals surface area (Å²) in [5, 5.41) is 13.5. The van der Waals surface area contributed by atoms with Crippen LogP contribution in [0.15, 0.2) is 36.4 Å². The lowest BCUT2D eigenvalue weighted by molar-refractivity contribution is -0.0737.